The number of sulfonamides is 1. The minimum atomic E-state index is -3.82. The molecule has 0 fully saturated rings. The Kier molecular flexibility index (Phi) is 4.74. The van der Waals surface area contributed by atoms with Crippen LogP contribution in [-0.4, -0.2) is 21.4 Å². The molecule has 0 aromatic heterocycles. The van der Waals surface area contributed by atoms with Gasteiger partial charge in [-0.15, -0.1) is 0 Å². The van der Waals surface area contributed by atoms with Crippen LogP contribution in [0.15, 0.2) is 53.4 Å². The Morgan fingerprint density at radius 3 is 2.18 bits per heavy atom. The van der Waals surface area contributed by atoms with E-state index in [9.17, 15) is 17.6 Å². The van der Waals surface area contributed by atoms with Crippen molar-refractivity contribution in [3.8, 4) is 0 Å². The molecule has 0 saturated carbocycles. The number of hydrogen-bond acceptors (Lipinski definition) is 4. The fourth-order valence-corrected chi connectivity index (χ4v) is 2.73. The van der Waals surface area contributed by atoms with Crippen molar-refractivity contribution in [1.82, 2.24) is 5.48 Å². The number of amides is 1. The van der Waals surface area contributed by atoms with Crippen molar-refractivity contribution < 1.29 is 22.4 Å². The average Bonchev–Trinajstić information content (AvgIpc) is 2.50. The summed E-state index contributed by atoms with van der Waals surface area (Å²) >= 11 is 0. The molecule has 0 spiro atoms. The van der Waals surface area contributed by atoms with Crippen molar-refractivity contribution in [3.63, 3.8) is 0 Å². The smallest absolute Gasteiger partial charge is 0.274 e. The molecule has 2 rings (SSSR count). The second kappa shape index (κ2) is 6.54. The van der Waals surface area contributed by atoms with Gasteiger partial charge in [0.15, 0.2) is 0 Å². The number of hydrogen-bond donors (Lipinski definition) is 2. The zero-order valence-corrected chi connectivity index (χ0v) is 12.4. The SMILES string of the molecule is CONC(=O)c1ccc(S(=O)(=O)Nc2ccc(F)cc2)cc1. The fraction of sp³-hybridized carbons (Fsp3) is 0.0714. The molecule has 0 heterocycles. The van der Waals surface area contributed by atoms with E-state index >= 15 is 0 Å². The van der Waals surface area contributed by atoms with Gasteiger partial charge in [-0.2, -0.15) is 0 Å². The Hall–Kier alpha value is -2.45. The Balaban J connectivity index is 2.19. The van der Waals surface area contributed by atoms with Crippen LogP contribution in [-0.2, 0) is 14.9 Å². The van der Waals surface area contributed by atoms with Gasteiger partial charge >= 0.3 is 0 Å². The molecule has 0 bridgehead atoms. The van der Waals surface area contributed by atoms with Crippen LogP contribution in [0.4, 0.5) is 10.1 Å². The molecular weight excluding hydrogens is 311 g/mol. The first-order valence-electron chi connectivity index (χ1n) is 6.14. The zero-order chi connectivity index (χ0) is 16.2. The van der Waals surface area contributed by atoms with Gasteiger partial charge in [0.1, 0.15) is 5.82 Å². The molecule has 2 aromatic carbocycles. The average molecular weight is 324 g/mol. The van der Waals surface area contributed by atoms with Crippen molar-refractivity contribution in [2.24, 2.45) is 0 Å². The summed E-state index contributed by atoms with van der Waals surface area (Å²) in [7, 11) is -2.52. The number of rotatable bonds is 5. The fourth-order valence-electron chi connectivity index (χ4n) is 1.67. The first-order chi connectivity index (χ1) is 10.4. The summed E-state index contributed by atoms with van der Waals surface area (Å²) in [5.74, 6) is -0.950. The van der Waals surface area contributed by atoms with E-state index in [1.54, 1.807) is 0 Å². The quantitative estimate of drug-likeness (QED) is 0.823. The summed E-state index contributed by atoms with van der Waals surface area (Å²) in [4.78, 5) is 16.0. The third-order valence-corrected chi connectivity index (χ3v) is 4.12. The highest BCUT2D eigenvalue weighted by atomic mass is 32.2. The molecule has 2 N–H and O–H groups in total. The zero-order valence-electron chi connectivity index (χ0n) is 11.5. The van der Waals surface area contributed by atoms with E-state index in [1.165, 1.54) is 43.5 Å². The Labute approximate surface area is 126 Å². The third kappa shape index (κ3) is 3.80. The van der Waals surface area contributed by atoms with E-state index in [0.29, 0.717) is 0 Å². The van der Waals surface area contributed by atoms with Crippen molar-refractivity contribution in [1.29, 1.82) is 0 Å². The van der Waals surface area contributed by atoms with Gasteiger partial charge in [-0.1, -0.05) is 0 Å². The maximum atomic E-state index is 12.8. The monoisotopic (exact) mass is 324 g/mol. The van der Waals surface area contributed by atoms with Crippen LogP contribution in [0.25, 0.3) is 0 Å². The highest BCUT2D eigenvalue weighted by Gasteiger charge is 2.15. The van der Waals surface area contributed by atoms with Gasteiger partial charge in [0.25, 0.3) is 15.9 Å². The number of benzene rings is 2. The Morgan fingerprint density at radius 2 is 1.64 bits per heavy atom. The summed E-state index contributed by atoms with van der Waals surface area (Å²) in [6.07, 6.45) is 0. The van der Waals surface area contributed by atoms with Gasteiger partial charge < -0.3 is 0 Å². The summed E-state index contributed by atoms with van der Waals surface area (Å²) in [6, 6.07) is 10.2. The first-order valence-corrected chi connectivity index (χ1v) is 7.62. The van der Waals surface area contributed by atoms with Gasteiger partial charge in [-0.05, 0) is 48.5 Å². The molecular formula is C14H13FN2O4S. The van der Waals surface area contributed by atoms with Crippen LogP contribution >= 0.6 is 0 Å². The van der Waals surface area contributed by atoms with E-state index in [4.69, 9.17) is 0 Å². The highest BCUT2D eigenvalue weighted by molar-refractivity contribution is 7.92. The van der Waals surface area contributed by atoms with Crippen molar-refractivity contribution in [3.05, 3.63) is 59.9 Å². The second-order valence-electron chi connectivity index (χ2n) is 4.27. The summed E-state index contributed by atoms with van der Waals surface area (Å²) in [5, 5.41) is 0. The van der Waals surface area contributed by atoms with Gasteiger partial charge in [0.05, 0.1) is 12.0 Å². The van der Waals surface area contributed by atoms with E-state index in [0.717, 1.165) is 12.1 Å². The minimum Gasteiger partial charge on any atom is -0.280 e. The normalized spacial score (nSPS) is 11.0. The second-order valence-corrected chi connectivity index (χ2v) is 5.95. The lowest BCUT2D eigenvalue weighted by Gasteiger charge is -2.08. The van der Waals surface area contributed by atoms with Gasteiger partial charge in [-0.3, -0.25) is 14.4 Å². The lowest BCUT2D eigenvalue weighted by atomic mass is 10.2. The highest BCUT2D eigenvalue weighted by Crippen LogP contribution is 2.17. The van der Waals surface area contributed by atoms with Gasteiger partial charge in [-0.25, -0.2) is 18.3 Å². The molecule has 8 heteroatoms. The number of halogens is 1. The molecule has 6 nitrogen and oxygen atoms in total. The predicted octanol–water partition coefficient (Wildman–Crippen LogP) is 1.92. The van der Waals surface area contributed by atoms with Crippen LogP contribution in [0.2, 0.25) is 0 Å². The van der Waals surface area contributed by atoms with Gasteiger partial charge in [0.2, 0.25) is 0 Å². The number of nitrogens with one attached hydrogen (secondary N) is 2. The van der Waals surface area contributed by atoms with Crippen LogP contribution in [0, 0.1) is 5.82 Å². The maximum Gasteiger partial charge on any atom is 0.274 e. The molecule has 0 aliphatic heterocycles. The first kappa shape index (κ1) is 15.9. The van der Waals surface area contributed by atoms with E-state index in [1.807, 2.05) is 0 Å². The molecule has 22 heavy (non-hydrogen) atoms. The molecule has 1 amide bonds. The van der Waals surface area contributed by atoms with E-state index in [2.05, 4.69) is 15.0 Å². The summed E-state index contributed by atoms with van der Waals surface area (Å²) in [5.41, 5.74) is 2.62. The van der Waals surface area contributed by atoms with E-state index < -0.39 is 21.7 Å². The summed E-state index contributed by atoms with van der Waals surface area (Å²) < 4.78 is 39.4. The van der Waals surface area contributed by atoms with Crippen molar-refractivity contribution in [2.45, 2.75) is 4.90 Å². The number of carbonyl (C=O) groups excluding carboxylic acids is 1. The predicted molar refractivity (Wildman–Crippen MR) is 78.1 cm³/mol. The number of hydroxylamine groups is 1. The van der Waals surface area contributed by atoms with Gasteiger partial charge in [0, 0.05) is 11.3 Å². The molecule has 0 aliphatic carbocycles. The molecule has 0 atom stereocenters. The van der Waals surface area contributed by atoms with Crippen molar-refractivity contribution in [2.75, 3.05) is 11.8 Å². The Bertz CT molecular complexity index is 758. The molecule has 0 radical (unpaired) electrons. The molecule has 0 unspecified atom stereocenters. The summed E-state index contributed by atoms with van der Waals surface area (Å²) in [6.45, 7) is 0. The topological polar surface area (TPSA) is 84.5 Å². The molecule has 116 valence electrons. The lowest BCUT2D eigenvalue weighted by molar-refractivity contribution is 0.0537. The third-order valence-electron chi connectivity index (χ3n) is 2.72. The molecule has 0 saturated heterocycles. The lowest BCUT2D eigenvalue weighted by Crippen LogP contribution is -2.21. The van der Waals surface area contributed by atoms with Crippen LogP contribution in [0.3, 0.4) is 0 Å². The van der Waals surface area contributed by atoms with Crippen LogP contribution < -0.4 is 10.2 Å². The van der Waals surface area contributed by atoms with E-state index in [-0.39, 0.29) is 16.1 Å². The number of anilines is 1. The minimum absolute atomic E-state index is 0.0224. The van der Waals surface area contributed by atoms with Crippen LogP contribution in [0.5, 0.6) is 0 Å². The molecule has 0 aliphatic rings. The number of carbonyl (C=O) groups is 1. The van der Waals surface area contributed by atoms with Crippen molar-refractivity contribution >= 4 is 21.6 Å². The molecule has 2 aromatic rings. The standard InChI is InChI=1S/C14H13FN2O4S/c1-21-16-14(18)10-2-8-13(9-3-10)22(19,20)17-12-6-4-11(15)5-7-12/h2-9,17H,1H3,(H,16,18). The Morgan fingerprint density at radius 1 is 1.05 bits per heavy atom. The maximum absolute atomic E-state index is 12.8. The largest absolute Gasteiger partial charge is 0.280 e. The van der Waals surface area contributed by atoms with Crippen LogP contribution in [0.1, 0.15) is 10.4 Å².